The van der Waals surface area contributed by atoms with Crippen molar-refractivity contribution in [3.63, 3.8) is 0 Å². The number of halogens is 5. The molecule has 3 N–H and O–H groups in total. The van der Waals surface area contributed by atoms with Gasteiger partial charge in [-0.25, -0.2) is 4.98 Å². The first kappa shape index (κ1) is 26.5. The number of carbonyl (C=O) groups excluding carboxylic acids is 1. The number of pyridine rings is 1. The first-order chi connectivity index (χ1) is 13.6. The number of aliphatic imine (C=N–C) groups is 1. The minimum absolute atomic E-state index is 0. The quantitative estimate of drug-likeness (QED) is 0.282. The molecule has 1 atom stereocenters. The third kappa shape index (κ3) is 7.97. The molecule has 1 amide bonds. The van der Waals surface area contributed by atoms with E-state index in [0.717, 1.165) is 18.7 Å². The second kappa shape index (κ2) is 11.8. The number of hydrogen-bond donors (Lipinski definition) is 3. The molecule has 12 heteroatoms. The summed E-state index contributed by atoms with van der Waals surface area (Å²) in [6, 6.07) is 1.01. The second-order valence-electron chi connectivity index (χ2n) is 7.07. The fraction of sp³-hybridized carbons (Fsp3) is 0.611. The summed E-state index contributed by atoms with van der Waals surface area (Å²) >= 11 is 6.03. The van der Waals surface area contributed by atoms with Crippen molar-refractivity contribution < 1.29 is 18.0 Å². The Morgan fingerprint density at radius 3 is 2.70 bits per heavy atom. The Morgan fingerprint density at radius 2 is 2.13 bits per heavy atom. The molecule has 7 nitrogen and oxygen atoms in total. The van der Waals surface area contributed by atoms with E-state index in [-0.39, 0.29) is 47.0 Å². The van der Waals surface area contributed by atoms with E-state index >= 15 is 0 Å². The minimum atomic E-state index is -4.48. The number of aromatic nitrogens is 1. The van der Waals surface area contributed by atoms with Gasteiger partial charge in [-0.05, 0) is 26.3 Å². The molecular formula is C18H27ClF3IN6O. The predicted octanol–water partition coefficient (Wildman–Crippen LogP) is 3.03. The van der Waals surface area contributed by atoms with Gasteiger partial charge in [0.2, 0.25) is 5.91 Å². The van der Waals surface area contributed by atoms with Crippen LogP contribution in [0.1, 0.15) is 32.3 Å². The van der Waals surface area contributed by atoms with Gasteiger partial charge in [0.25, 0.3) is 0 Å². The number of hydrogen-bond acceptors (Lipinski definition) is 4. The molecule has 1 aliphatic heterocycles. The van der Waals surface area contributed by atoms with Crippen LogP contribution < -0.4 is 20.9 Å². The lowest BCUT2D eigenvalue weighted by molar-refractivity contribution is -0.137. The van der Waals surface area contributed by atoms with Crippen LogP contribution in [0.2, 0.25) is 5.02 Å². The molecule has 2 rings (SSSR count). The smallest absolute Gasteiger partial charge is 0.356 e. The van der Waals surface area contributed by atoms with E-state index in [1.54, 1.807) is 7.05 Å². The van der Waals surface area contributed by atoms with Crippen molar-refractivity contribution in [3.05, 3.63) is 22.8 Å². The number of rotatable bonds is 6. The van der Waals surface area contributed by atoms with E-state index in [9.17, 15) is 18.0 Å². The Hall–Kier alpha value is -1.50. The SMILES string of the molecule is CN=C(NCCC(=O)NC(C)C)NC1CCN(c2ncc(C(F)(F)F)cc2Cl)C1.I. The standard InChI is InChI=1S/C18H26ClF3N6O.HI/c1-11(2)26-15(29)4-6-24-17(23-3)27-13-5-7-28(10-13)16-14(19)8-12(9-25-16)18(20,21)22;/h8-9,11,13H,4-7,10H2,1-3H3,(H,26,29)(H2,23,24,27);1H. The van der Waals surface area contributed by atoms with Crippen molar-refractivity contribution in [2.45, 2.75) is 44.9 Å². The van der Waals surface area contributed by atoms with Crippen LogP contribution in [0.5, 0.6) is 0 Å². The Bertz CT molecular complexity index is 747. The largest absolute Gasteiger partial charge is 0.417 e. The highest BCUT2D eigenvalue weighted by Gasteiger charge is 2.33. The lowest BCUT2D eigenvalue weighted by Crippen LogP contribution is -2.45. The first-order valence-corrected chi connectivity index (χ1v) is 9.72. The topological polar surface area (TPSA) is 81.6 Å². The van der Waals surface area contributed by atoms with Crippen molar-refractivity contribution in [1.29, 1.82) is 0 Å². The number of anilines is 1. The molecule has 0 aromatic carbocycles. The molecule has 0 aliphatic carbocycles. The number of nitrogens with zero attached hydrogens (tertiary/aromatic N) is 3. The predicted molar refractivity (Wildman–Crippen MR) is 123 cm³/mol. The van der Waals surface area contributed by atoms with Gasteiger partial charge in [-0.2, -0.15) is 13.2 Å². The van der Waals surface area contributed by atoms with Gasteiger partial charge < -0.3 is 20.9 Å². The zero-order chi connectivity index (χ0) is 21.6. The van der Waals surface area contributed by atoms with Crippen LogP contribution in [0.4, 0.5) is 19.0 Å². The third-order valence-electron chi connectivity index (χ3n) is 4.30. The molecule has 2 heterocycles. The van der Waals surface area contributed by atoms with Gasteiger partial charge in [0.05, 0.1) is 10.6 Å². The molecular weight excluding hydrogens is 536 g/mol. The van der Waals surface area contributed by atoms with Crippen LogP contribution in [0.3, 0.4) is 0 Å². The number of alkyl halides is 3. The number of nitrogens with one attached hydrogen (secondary N) is 3. The van der Waals surface area contributed by atoms with Crippen LogP contribution in [0.15, 0.2) is 17.3 Å². The third-order valence-corrected chi connectivity index (χ3v) is 4.57. The molecule has 0 radical (unpaired) electrons. The summed E-state index contributed by atoms with van der Waals surface area (Å²) in [4.78, 5) is 21.6. The van der Waals surface area contributed by atoms with E-state index in [0.29, 0.717) is 37.8 Å². The lowest BCUT2D eigenvalue weighted by atomic mass is 10.2. The molecule has 0 saturated carbocycles. The van der Waals surface area contributed by atoms with Crippen LogP contribution >= 0.6 is 35.6 Å². The second-order valence-corrected chi connectivity index (χ2v) is 7.48. The molecule has 1 unspecified atom stereocenters. The van der Waals surface area contributed by atoms with Crippen LogP contribution in [0, 0.1) is 0 Å². The summed E-state index contributed by atoms with van der Waals surface area (Å²) in [6.45, 7) is 5.35. The van der Waals surface area contributed by atoms with Gasteiger partial charge in [-0.3, -0.25) is 9.79 Å². The average molecular weight is 563 g/mol. The molecule has 1 saturated heterocycles. The molecule has 170 valence electrons. The normalized spacial score (nSPS) is 17.0. The number of amides is 1. The highest BCUT2D eigenvalue weighted by Crippen LogP contribution is 2.34. The fourth-order valence-electron chi connectivity index (χ4n) is 2.97. The lowest BCUT2D eigenvalue weighted by Gasteiger charge is -2.21. The average Bonchev–Trinajstić information content (AvgIpc) is 3.07. The fourth-order valence-corrected chi connectivity index (χ4v) is 3.25. The van der Waals surface area contributed by atoms with Gasteiger partial charge >= 0.3 is 6.18 Å². The maximum Gasteiger partial charge on any atom is 0.417 e. The molecule has 30 heavy (non-hydrogen) atoms. The molecule has 0 bridgehead atoms. The van der Waals surface area contributed by atoms with Gasteiger partial charge in [0, 0.05) is 51.4 Å². The maximum atomic E-state index is 12.8. The Morgan fingerprint density at radius 1 is 1.43 bits per heavy atom. The summed E-state index contributed by atoms with van der Waals surface area (Å²) in [5.41, 5.74) is -0.869. The Labute approximate surface area is 196 Å². The number of carbonyl (C=O) groups is 1. The van der Waals surface area contributed by atoms with Crippen LogP contribution in [0.25, 0.3) is 0 Å². The highest BCUT2D eigenvalue weighted by molar-refractivity contribution is 14.0. The summed E-state index contributed by atoms with van der Waals surface area (Å²) < 4.78 is 38.3. The van der Waals surface area contributed by atoms with Crippen molar-refractivity contribution in [2.75, 3.05) is 31.6 Å². The zero-order valence-corrected chi connectivity index (χ0v) is 20.1. The van der Waals surface area contributed by atoms with Crippen molar-refractivity contribution >= 4 is 53.3 Å². The summed E-state index contributed by atoms with van der Waals surface area (Å²) in [6.07, 6.45) is -2.62. The van der Waals surface area contributed by atoms with E-state index in [4.69, 9.17) is 11.6 Å². The van der Waals surface area contributed by atoms with Gasteiger partial charge in [-0.1, -0.05) is 11.6 Å². The first-order valence-electron chi connectivity index (χ1n) is 9.34. The van der Waals surface area contributed by atoms with Crippen molar-refractivity contribution in [1.82, 2.24) is 20.9 Å². The van der Waals surface area contributed by atoms with E-state index in [1.807, 2.05) is 18.7 Å². The summed E-state index contributed by atoms with van der Waals surface area (Å²) in [5, 5.41) is 9.12. The Kier molecular flexibility index (Phi) is 10.4. The Balaban J connectivity index is 0.00000450. The summed E-state index contributed by atoms with van der Waals surface area (Å²) in [7, 11) is 1.63. The summed E-state index contributed by atoms with van der Waals surface area (Å²) in [5.74, 6) is 0.843. The monoisotopic (exact) mass is 562 g/mol. The van der Waals surface area contributed by atoms with Crippen molar-refractivity contribution in [2.24, 2.45) is 4.99 Å². The van der Waals surface area contributed by atoms with Crippen molar-refractivity contribution in [3.8, 4) is 0 Å². The molecule has 1 fully saturated rings. The minimum Gasteiger partial charge on any atom is -0.356 e. The van der Waals surface area contributed by atoms with Crippen LogP contribution in [-0.2, 0) is 11.0 Å². The molecule has 0 spiro atoms. The van der Waals surface area contributed by atoms with E-state index in [2.05, 4.69) is 25.9 Å². The zero-order valence-electron chi connectivity index (χ0n) is 17.0. The molecule has 1 aliphatic rings. The number of guanidine groups is 1. The highest BCUT2D eigenvalue weighted by atomic mass is 127. The maximum absolute atomic E-state index is 12.8. The molecule has 1 aromatic rings. The van der Waals surface area contributed by atoms with E-state index < -0.39 is 11.7 Å². The molecule has 1 aromatic heterocycles. The van der Waals surface area contributed by atoms with Gasteiger partial charge in [0.1, 0.15) is 5.82 Å². The van der Waals surface area contributed by atoms with Gasteiger partial charge in [-0.15, -0.1) is 24.0 Å². The van der Waals surface area contributed by atoms with Crippen LogP contribution in [-0.4, -0.2) is 55.6 Å². The van der Waals surface area contributed by atoms with E-state index in [1.165, 1.54) is 0 Å². The van der Waals surface area contributed by atoms with Gasteiger partial charge in [0.15, 0.2) is 5.96 Å².